The molecule has 1 heterocycles. The van der Waals surface area contributed by atoms with Crippen LogP contribution >= 0.6 is 0 Å². The zero-order valence-corrected chi connectivity index (χ0v) is 15.4. The maximum absolute atomic E-state index is 13.2. The molecular weight excluding hydrogens is 329 g/mol. The van der Waals surface area contributed by atoms with Gasteiger partial charge in [-0.05, 0) is 74.9 Å². The summed E-state index contributed by atoms with van der Waals surface area (Å²) in [5, 5.41) is 9.91. The molecule has 1 amide bonds. The number of rotatable bonds is 5. The van der Waals surface area contributed by atoms with Crippen molar-refractivity contribution in [3.05, 3.63) is 71.0 Å². The molecule has 0 aliphatic carbocycles. The van der Waals surface area contributed by atoms with Crippen LogP contribution in [0.15, 0.2) is 48.5 Å². The summed E-state index contributed by atoms with van der Waals surface area (Å²) in [5.41, 5.74) is 1.99. The number of hydrogen-bond donors (Lipinski definition) is 1. The van der Waals surface area contributed by atoms with Gasteiger partial charge in [-0.25, -0.2) is 4.39 Å². The van der Waals surface area contributed by atoms with Crippen LogP contribution in [0.5, 0.6) is 0 Å². The largest absolute Gasteiger partial charge is 0.390 e. The van der Waals surface area contributed by atoms with E-state index in [9.17, 15) is 14.3 Å². The Balaban J connectivity index is 1.76. The quantitative estimate of drug-likeness (QED) is 0.857. The highest BCUT2D eigenvalue weighted by Gasteiger charge is 2.30. The van der Waals surface area contributed by atoms with Crippen molar-refractivity contribution in [2.24, 2.45) is 0 Å². The van der Waals surface area contributed by atoms with Gasteiger partial charge < -0.3 is 10.0 Å². The van der Waals surface area contributed by atoms with Crippen LogP contribution in [0.4, 0.5) is 4.39 Å². The van der Waals surface area contributed by atoms with Crippen LogP contribution in [0.25, 0.3) is 0 Å². The average molecular weight is 355 g/mol. The van der Waals surface area contributed by atoms with Crippen LogP contribution in [-0.2, 0) is 6.42 Å². The lowest BCUT2D eigenvalue weighted by atomic mass is 9.97. The van der Waals surface area contributed by atoms with Crippen LogP contribution in [0.1, 0.15) is 60.6 Å². The second kappa shape index (κ2) is 7.58. The Morgan fingerprint density at radius 1 is 1.23 bits per heavy atom. The minimum Gasteiger partial charge on any atom is -0.390 e. The van der Waals surface area contributed by atoms with Crippen molar-refractivity contribution in [3.63, 3.8) is 0 Å². The Morgan fingerprint density at radius 3 is 2.65 bits per heavy atom. The molecule has 1 N–H and O–H groups in total. The number of benzene rings is 2. The Hall–Kier alpha value is -2.20. The SMILES string of the molecule is CC(C)(O)CCc1cccc(C(=O)N2CCC[C@@H]2c2ccc(F)cc2)c1. The molecule has 0 saturated carbocycles. The first-order valence-corrected chi connectivity index (χ1v) is 9.21. The van der Waals surface area contributed by atoms with Gasteiger partial charge in [0.25, 0.3) is 5.91 Å². The molecule has 26 heavy (non-hydrogen) atoms. The van der Waals surface area contributed by atoms with Gasteiger partial charge in [0.2, 0.25) is 0 Å². The molecule has 2 aromatic carbocycles. The standard InChI is InChI=1S/C22H26FNO2/c1-22(2,26)13-12-16-5-3-6-18(15-16)21(25)24-14-4-7-20(24)17-8-10-19(23)11-9-17/h3,5-6,8-11,15,20,26H,4,7,12-14H2,1-2H3/t20-/m1/s1. The van der Waals surface area contributed by atoms with Crippen LogP contribution < -0.4 is 0 Å². The summed E-state index contributed by atoms with van der Waals surface area (Å²) in [7, 11) is 0. The molecule has 0 spiro atoms. The third kappa shape index (κ3) is 4.50. The molecule has 3 rings (SSSR count). The molecule has 1 atom stereocenters. The van der Waals surface area contributed by atoms with E-state index in [0.717, 1.165) is 36.9 Å². The van der Waals surface area contributed by atoms with Crippen molar-refractivity contribution in [1.82, 2.24) is 4.90 Å². The highest BCUT2D eigenvalue weighted by atomic mass is 19.1. The molecule has 0 radical (unpaired) electrons. The molecule has 1 aliphatic heterocycles. The van der Waals surface area contributed by atoms with Crippen molar-refractivity contribution in [1.29, 1.82) is 0 Å². The van der Waals surface area contributed by atoms with E-state index in [4.69, 9.17) is 0 Å². The summed E-state index contributed by atoms with van der Waals surface area (Å²) in [4.78, 5) is 14.9. The maximum Gasteiger partial charge on any atom is 0.254 e. The van der Waals surface area contributed by atoms with Crippen molar-refractivity contribution in [3.8, 4) is 0 Å². The summed E-state index contributed by atoms with van der Waals surface area (Å²) < 4.78 is 13.2. The number of likely N-dealkylation sites (tertiary alicyclic amines) is 1. The second-order valence-electron chi connectivity index (χ2n) is 7.72. The Bertz CT molecular complexity index is 764. The number of hydrogen-bond acceptors (Lipinski definition) is 2. The number of aliphatic hydroxyl groups is 1. The van der Waals surface area contributed by atoms with E-state index in [0.29, 0.717) is 12.0 Å². The number of nitrogens with zero attached hydrogens (tertiary/aromatic N) is 1. The highest BCUT2D eigenvalue weighted by molar-refractivity contribution is 5.94. The molecule has 4 heteroatoms. The van der Waals surface area contributed by atoms with E-state index in [1.54, 1.807) is 26.0 Å². The zero-order chi connectivity index (χ0) is 18.7. The van der Waals surface area contributed by atoms with Crippen LogP contribution in [-0.4, -0.2) is 28.1 Å². The van der Waals surface area contributed by atoms with E-state index in [2.05, 4.69) is 0 Å². The van der Waals surface area contributed by atoms with Gasteiger partial charge in [0.1, 0.15) is 5.82 Å². The second-order valence-corrected chi connectivity index (χ2v) is 7.72. The summed E-state index contributed by atoms with van der Waals surface area (Å²) in [6, 6.07) is 14.1. The molecular formula is C22H26FNO2. The first-order valence-electron chi connectivity index (χ1n) is 9.21. The fourth-order valence-electron chi connectivity index (χ4n) is 3.52. The van der Waals surface area contributed by atoms with Crippen molar-refractivity contribution in [2.45, 2.75) is 51.2 Å². The monoisotopic (exact) mass is 355 g/mol. The molecule has 2 aromatic rings. The number of carbonyl (C=O) groups excluding carboxylic acids is 1. The van der Waals surface area contributed by atoms with Gasteiger partial charge in [-0.1, -0.05) is 24.3 Å². The minimum absolute atomic E-state index is 0.00290. The van der Waals surface area contributed by atoms with Gasteiger partial charge >= 0.3 is 0 Å². The van der Waals surface area contributed by atoms with E-state index >= 15 is 0 Å². The molecule has 1 fully saturated rings. The summed E-state index contributed by atoms with van der Waals surface area (Å²) in [6.07, 6.45) is 3.22. The maximum atomic E-state index is 13.2. The predicted octanol–water partition coefficient (Wildman–Crippen LogP) is 4.51. The molecule has 0 unspecified atom stereocenters. The first kappa shape index (κ1) is 18.6. The highest BCUT2D eigenvalue weighted by Crippen LogP contribution is 2.33. The Kier molecular flexibility index (Phi) is 5.42. The molecule has 1 aliphatic rings. The first-order chi connectivity index (χ1) is 12.3. The lowest BCUT2D eigenvalue weighted by Gasteiger charge is -2.25. The van der Waals surface area contributed by atoms with Crippen molar-refractivity contribution >= 4 is 5.91 Å². The molecule has 138 valence electrons. The Morgan fingerprint density at radius 2 is 1.96 bits per heavy atom. The molecule has 0 aromatic heterocycles. The topological polar surface area (TPSA) is 40.5 Å². The van der Waals surface area contributed by atoms with Gasteiger partial charge in [-0.15, -0.1) is 0 Å². The molecule has 1 saturated heterocycles. The third-order valence-corrected chi connectivity index (χ3v) is 4.97. The summed E-state index contributed by atoms with van der Waals surface area (Å²) in [6.45, 7) is 4.30. The zero-order valence-electron chi connectivity index (χ0n) is 15.4. The predicted molar refractivity (Wildman–Crippen MR) is 100 cm³/mol. The fraction of sp³-hybridized carbons (Fsp3) is 0.409. The van der Waals surface area contributed by atoms with E-state index in [1.807, 2.05) is 29.2 Å². The van der Waals surface area contributed by atoms with Gasteiger partial charge in [0.15, 0.2) is 0 Å². The molecule has 3 nitrogen and oxygen atoms in total. The van der Waals surface area contributed by atoms with Crippen LogP contribution in [0.3, 0.4) is 0 Å². The molecule has 0 bridgehead atoms. The van der Waals surface area contributed by atoms with Crippen molar-refractivity contribution in [2.75, 3.05) is 6.54 Å². The minimum atomic E-state index is -0.720. The summed E-state index contributed by atoms with van der Waals surface area (Å²) in [5.74, 6) is -0.244. The Labute approximate surface area is 154 Å². The van der Waals surface area contributed by atoms with Gasteiger partial charge in [-0.2, -0.15) is 0 Å². The van der Waals surface area contributed by atoms with E-state index in [1.165, 1.54) is 12.1 Å². The van der Waals surface area contributed by atoms with Crippen molar-refractivity contribution < 1.29 is 14.3 Å². The number of halogens is 1. The van der Waals surface area contributed by atoms with E-state index < -0.39 is 5.60 Å². The lowest BCUT2D eigenvalue weighted by Crippen LogP contribution is -2.30. The third-order valence-electron chi connectivity index (χ3n) is 4.97. The smallest absolute Gasteiger partial charge is 0.254 e. The van der Waals surface area contributed by atoms with Crippen LogP contribution in [0, 0.1) is 5.82 Å². The number of aryl methyl sites for hydroxylation is 1. The van der Waals surface area contributed by atoms with Gasteiger partial charge in [-0.3, -0.25) is 4.79 Å². The fourth-order valence-corrected chi connectivity index (χ4v) is 3.52. The number of amides is 1. The van der Waals surface area contributed by atoms with Gasteiger partial charge in [0, 0.05) is 12.1 Å². The number of carbonyl (C=O) groups is 1. The van der Waals surface area contributed by atoms with Gasteiger partial charge in [0.05, 0.1) is 11.6 Å². The van der Waals surface area contributed by atoms with E-state index in [-0.39, 0.29) is 17.8 Å². The summed E-state index contributed by atoms with van der Waals surface area (Å²) >= 11 is 0. The van der Waals surface area contributed by atoms with Crippen LogP contribution in [0.2, 0.25) is 0 Å². The normalized spacial score (nSPS) is 17.5. The lowest BCUT2D eigenvalue weighted by molar-refractivity contribution is 0.0714. The average Bonchev–Trinajstić information content (AvgIpc) is 3.09.